The Labute approximate surface area is 165 Å². The highest BCUT2D eigenvalue weighted by Gasteiger charge is 2.18. The summed E-state index contributed by atoms with van der Waals surface area (Å²) in [7, 11) is 0. The molecule has 6 nitrogen and oxygen atoms in total. The second-order valence-electron chi connectivity index (χ2n) is 7.63. The van der Waals surface area contributed by atoms with E-state index in [4.69, 9.17) is 4.74 Å². The summed E-state index contributed by atoms with van der Waals surface area (Å²) in [4.78, 5) is 21.0. The molecule has 1 saturated carbocycles. The van der Waals surface area contributed by atoms with Crippen molar-refractivity contribution in [1.29, 1.82) is 5.26 Å². The van der Waals surface area contributed by atoms with Crippen LogP contribution in [-0.2, 0) is 6.42 Å². The number of benzene rings is 1. The van der Waals surface area contributed by atoms with Gasteiger partial charge in [-0.2, -0.15) is 5.26 Å². The Morgan fingerprint density at radius 2 is 1.96 bits per heavy atom. The number of hydrogen-bond donors (Lipinski definition) is 1. The van der Waals surface area contributed by atoms with Crippen LogP contribution in [0.2, 0.25) is 0 Å². The first-order valence-electron chi connectivity index (χ1n) is 10.1. The second-order valence-corrected chi connectivity index (χ2v) is 7.63. The Bertz CT molecular complexity index is 913. The minimum absolute atomic E-state index is 0.119. The molecule has 1 N–H and O–H groups in total. The standard InChI is InChI=1S/C22H24N4O2/c23-12-16-9-17(11-18(10-16)28-14-15-5-1-2-6-15)25-22-24-13-19-20(26-22)7-3-4-8-21(19)27/h9-11,13,15H,1-8,14H2,(H,24,25,26). The predicted octanol–water partition coefficient (Wildman–Crippen LogP) is 4.57. The lowest BCUT2D eigenvalue weighted by molar-refractivity contribution is 0.0981. The quantitative estimate of drug-likeness (QED) is 0.769. The number of Topliss-reactive ketones (excluding diaryl/α,β-unsaturated/α-hetero) is 1. The Kier molecular flexibility index (Phi) is 5.52. The normalized spacial score (nSPS) is 16.9. The summed E-state index contributed by atoms with van der Waals surface area (Å²) in [6.07, 6.45) is 9.79. The topological polar surface area (TPSA) is 87.9 Å². The summed E-state index contributed by atoms with van der Waals surface area (Å²) >= 11 is 0. The molecule has 0 aliphatic heterocycles. The average molecular weight is 376 g/mol. The molecule has 0 amide bonds. The van der Waals surface area contributed by atoms with Crippen LogP contribution in [0, 0.1) is 17.2 Å². The van der Waals surface area contributed by atoms with Crippen LogP contribution >= 0.6 is 0 Å². The van der Waals surface area contributed by atoms with Gasteiger partial charge in [-0.3, -0.25) is 4.79 Å². The van der Waals surface area contributed by atoms with Gasteiger partial charge in [-0.15, -0.1) is 0 Å². The summed E-state index contributed by atoms with van der Waals surface area (Å²) in [5, 5.41) is 12.5. The van der Waals surface area contributed by atoms with Crippen molar-refractivity contribution in [2.24, 2.45) is 5.92 Å². The van der Waals surface area contributed by atoms with Crippen LogP contribution in [0.1, 0.15) is 66.6 Å². The van der Waals surface area contributed by atoms with E-state index in [2.05, 4.69) is 21.4 Å². The molecule has 0 spiro atoms. The lowest BCUT2D eigenvalue weighted by Gasteiger charge is -2.13. The Morgan fingerprint density at radius 1 is 1.14 bits per heavy atom. The van der Waals surface area contributed by atoms with Gasteiger partial charge in [0, 0.05) is 24.4 Å². The van der Waals surface area contributed by atoms with Crippen LogP contribution in [0.4, 0.5) is 11.6 Å². The highest BCUT2D eigenvalue weighted by atomic mass is 16.5. The number of aryl methyl sites for hydroxylation is 1. The number of nitriles is 1. The van der Waals surface area contributed by atoms with Crippen LogP contribution < -0.4 is 10.1 Å². The first-order chi connectivity index (χ1) is 13.7. The van der Waals surface area contributed by atoms with E-state index in [0.717, 1.165) is 25.0 Å². The minimum atomic E-state index is 0.119. The van der Waals surface area contributed by atoms with E-state index in [1.54, 1.807) is 18.3 Å². The third-order valence-corrected chi connectivity index (χ3v) is 5.49. The summed E-state index contributed by atoms with van der Waals surface area (Å²) in [5.41, 5.74) is 2.67. The SMILES string of the molecule is N#Cc1cc(Nc2ncc3c(n2)CCCCC3=O)cc(OCC2CCCC2)c1. The number of ether oxygens (including phenoxy) is 1. The summed E-state index contributed by atoms with van der Waals surface area (Å²) < 4.78 is 5.96. The molecule has 2 aliphatic rings. The fourth-order valence-electron chi connectivity index (χ4n) is 3.95. The van der Waals surface area contributed by atoms with Gasteiger partial charge < -0.3 is 10.1 Å². The molecule has 0 atom stereocenters. The number of hydrogen-bond acceptors (Lipinski definition) is 6. The number of ketones is 1. The first-order valence-corrected chi connectivity index (χ1v) is 10.1. The molecule has 2 aliphatic carbocycles. The van der Waals surface area contributed by atoms with E-state index in [0.29, 0.717) is 47.5 Å². The highest BCUT2D eigenvalue weighted by molar-refractivity contribution is 5.97. The predicted molar refractivity (Wildman–Crippen MR) is 106 cm³/mol. The first kappa shape index (κ1) is 18.4. The zero-order chi connectivity index (χ0) is 19.3. The molecule has 1 heterocycles. The fourth-order valence-corrected chi connectivity index (χ4v) is 3.95. The van der Waals surface area contributed by atoms with E-state index in [1.807, 2.05) is 6.07 Å². The van der Waals surface area contributed by atoms with E-state index in [-0.39, 0.29) is 5.78 Å². The number of nitrogens with one attached hydrogen (secondary N) is 1. The van der Waals surface area contributed by atoms with Gasteiger partial charge in [-0.25, -0.2) is 9.97 Å². The molecule has 1 aromatic carbocycles. The minimum Gasteiger partial charge on any atom is -0.493 e. The summed E-state index contributed by atoms with van der Waals surface area (Å²) in [6, 6.07) is 7.56. The zero-order valence-electron chi connectivity index (χ0n) is 15.9. The molecule has 0 radical (unpaired) electrons. The van der Waals surface area contributed by atoms with Crippen LogP contribution in [0.15, 0.2) is 24.4 Å². The largest absolute Gasteiger partial charge is 0.493 e. The molecule has 0 saturated heterocycles. The average Bonchev–Trinajstić information content (AvgIpc) is 3.16. The monoisotopic (exact) mass is 376 g/mol. The van der Waals surface area contributed by atoms with Crippen molar-refractivity contribution >= 4 is 17.4 Å². The van der Waals surface area contributed by atoms with E-state index < -0.39 is 0 Å². The molecule has 1 fully saturated rings. The van der Waals surface area contributed by atoms with Gasteiger partial charge in [0.15, 0.2) is 5.78 Å². The number of anilines is 2. The molecule has 2 aromatic rings. The van der Waals surface area contributed by atoms with Crippen molar-refractivity contribution in [1.82, 2.24) is 9.97 Å². The molecule has 0 unspecified atom stereocenters. The Balaban J connectivity index is 1.52. The van der Waals surface area contributed by atoms with Gasteiger partial charge in [0.25, 0.3) is 0 Å². The number of rotatable bonds is 5. The lowest BCUT2D eigenvalue weighted by atomic mass is 10.1. The number of nitrogens with zero attached hydrogens (tertiary/aromatic N) is 3. The number of fused-ring (bicyclic) bond motifs is 1. The molecule has 144 valence electrons. The zero-order valence-corrected chi connectivity index (χ0v) is 15.9. The maximum absolute atomic E-state index is 12.1. The van der Waals surface area contributed by atoms with Crippen LogP contribution in [0.3, 0.4) is 0 Å². The van der Waals surface area contributed by atoms with Crippen molar-refractivity contribution in [2.45, 2.75) is 51.4 Å². The summed E-state index contributed by atoms with van der Waals surface area (Å²) in [6.45, 7) is 0.686. The van der Waals surface area contributed by atoms with E-state index in [9.17, 15) is 10.1 Å². The molecule has 1 aromatic heterocycles. The lowest BCUT2D eigenvalue weighted by Crippen LogP contribution is -2.09. The van der Waals surface area contributed by atoms with Gasteiger partial charge in [0.05, 0.1) is 29.5 Å². The van der Waals surface area contributed by atoms with Crippen LogP contribution in [0.25, 0.3) is 0 Å². The van der Waals surface area contributed by atoms with Gasteiger partial charge in [0.1, 0.15) is 5.75 Å². The molecule has 0 bridgehead atoms. The van der Waals surface area contributed by atoms with Crippen molar-refractivity contribution in [3.63, 3.8) is 0 Å². The smallest absolute Gasteiger partial charge is 0.227 e. The number of carbonyl (C=O) groups excluding carboxylic acids is 1. The van der Waals surface area contributed by atoms with Gasteiger partial charge in [0.2, 0.25) is 5.95 Å². The van der Waals surface area contributed by atoms with Crippen molar-refractivity contribution in [3.05, 3.63) is 41.2 Å². The summed E-state index contributed by atoms with van der Waals surface area (Å²) in [5.74, 6) is 1.84. The third kappa shape index (κ3) is 4.30. The number of aromatic nitrogens is 2. The Hall–Kier alpha value is -2.94. The second kappa shape index (κ2) is 8.39. The van der Waals surface area contributed by atoms with Crippen molar-refractivity contribution in [3.8, 4) is 11.8 Å². The van der Waals surface area contributed by atoms with Crippen molar-refractivity contribution < 1.29 is 9.53 Å². The molecule has 6 heteroatoms. The molecule has 4 rings (SSSR count). The maximum Gasteiger partial charge on any atom is 0.227 e. The van der Waals surface area contributed by atoms with Crippen LogP contribution in [0.5, 0.6) is 5.75 Å². The Morgan fingerprint density at radius 3 is 2.79 bits per heavy atom. The molecular weight excluding hydrogens is 352 g/mol. The highest BCUT2D eigenvalue weighted by Crippen LogP contribution is 2.28. The van der Waals surface area contributed by atoms with Crippen molar-refractivity contribution in [2.75, 3.05) is 11.9 Å². The van der Waals surface area contributed by atoms with Gasteiger partial charge >= 0.3 is 0 Å². The molecular formula is C22H24N4O2. The van der Waals surface area contributed by atoms with E-state index >= 15 is 0 Å². The number of carbonyl (C=O) groups is 1. The van der Waals surface area contributed by atoms with Gasteiger partial charge in [-0.1, -0.05) is 12.8 Å². The van der Waals surface area contributed by atoms with Gasteiger partial charge in [-0.05, 0) is 50.2 Å². The van der Waals surface area contributed by atoms with E-state index in [1.165, 1.54) is 25.7 Å². The molecule has 28 heavy (non-hydrogen) atoms. The van der Waals surface area contributed by atoms with Crippen LogP contribution in [-0.4, -0.2) is 22.4 Å². The third-order valence-electron chi connectivity index (χ3n) is 5.49. The fraction of sp³-hybridized carbons (Fsp3) is 0.455. The maximum atomic E-state index is 12.1.